The summed E-state index contributed by atoms with van der Waals surface area (Å²) >= 11 is 14.4. The summed E-state index contributed by atoms with van der Waals surface area (Å²) in [4.78, 5) is 9.00. The molecular weight excluding hydrogens is 246 g/mol. The molecule has 1 aromatic carbocycles. The number of benzene rings is 1. The Hall–Kier alpha value is -0.440. The van der Waals surface area contributed by atoms with Crippen molar-refractivity contribution in [3.8, 4) is 0 Å². The molecule has 1 N–H and O–H groups in total. The van der Waals surface area contributed by atoms with Gasteiger partial charge in [0.05, 0.1) is 0 Å². The van der Waals surface area contributed by atoms with Crippen LogP contribution < -0.4 is 0 Å². The maximum Gasteiger partial charge on any atom is 0.300 e. The first-order valence-corrected chi connectivity index (χ1v) is 4.89. The molecular formula is C9H11Cl3O2. The number of halogens is 3. The van der Waals surface area contributed by atoms with Crippen LogP contribution in [0.2, 0.25) is 0 Å². The van der Waals surface area contributed by atoms with Crippen molar-refractivity contribution in [3.05, 3.63) is 36.4 Å². The minimum atomic E-state index is -0.833. The van der Waals surface area contributed by atoms with Crippen LogP contribution in [0, 0.1) is 0 Å². The van der Waals surface area contributed by atoms with Crippen molar-refractivity contribution in [2.24, 2.45) is 0 Å². The van der Waals surface area contributed by atoms with Crippen LogP contribution in [0.3, 0.4) is 0 Å². The Morgan fingerprint density at radius 2 is 1.07 bits per heavy atom. The number of carboxylic acids is 1. The minimum Gasteiger partial charge on any atom is -0.481 e. The summed E-state index contributed by atoms with van der Waals surface area (Å²) in [6.07, 6.45) is 0. The highest BCUT2D eigenvalue weighted by atomic mass is 35.6. The molecule has 0 fully saturated rings. The van der Waals surface area contributed by atoms with Gasteiger partial charge in [-0.1, -0.05) is 71.2 Å². The topological polar surface area (TPSA) is 37.3 Å². The van der Waals surface area contributed by atoms with E-state index in [-0.39, 0.29) is 0 Å². The predicted octanol–water partition coefficient (Wildman–Crippen LogP) is 3.76. The molecule has 14 heavy (non-hydrogen) atoms. The van der Waals surface area contributed by atoms with Gasteiger partial charge in [0.15, 0.2) is 4.30 Å². The fraction of sp³-hybridized carbons (Fsp3) is 0.222. The van der Waals surface area contributed by atoms with Crippen molar-refractivity contribution in [1.82, 2.24) is 0 Å². The quantitative estimate of drug-likeness (QED) is 0.719. The highest BCUT2D eigenvalue weighted by Gasteiger charge is 1.78. The Morgan fingerprint density at radius 3 is 1.14 bits per heavy atom. The Balaban J connectivity index is 0. The van der Waals surface area contributed by atoms with E-state index >= 15 is 0 Å². The number of hydrogen-bond acceptors (Lipinski definition) is 1. The van der Waals surface area contributed by atoms with E-state index in [9.17, 15) is 0 Å². The zero-order chi connectivity index (χ0) is 11.4. The number of carbonyl (C=O) groups is 1. The van der Waals surface area contributed by atoms with Crippen LogP contribution in [0.4, 0.5) is 0 Å². The lowest BCUT2D eigenvalue weighted by molar-refractivity contribution is -0.134. The molecule has 0 aliphatic carbocycles. The summed E-state index contributed by atoms with van der Waals surface area (Å²) in [5, 5.41) is 7.42. The van der Waals surface area contributed by atoms with Gasteiger partial charge < -0.3 is 5.11 Å². The summed E-state index contributed by atoms with van der Waals surface area (Å²) in [5.74, 6) is -0.833. The van der Waals surface area contributed by atoms with E-state index in [0.29, 0.717) is 0 Å². The van der Waals surface area contributed by atoms with Gasteiger partial charge >= 0.3 is 0 Å². The molecule has 2 nitrogen and oxygen atoms in total. The average Bonchev–Trinajstić information content (AvgIpc) is 2.05. The Bertz CT molecular complexity index is 181. The molecule has 80 valence electrons. The molecule has 0 aromatic heterocycles. The Kier molecular flexibility index (Phi) is 14.4. The second-order valence-electron chi connectivity index (χ2n) is 1.92. The number of hydrogen-bond donors (Lipinski definition) is 1. The highest BCUT2D eigenvalue weighted by Crippen LogP contribution is 2.03. The second kappa shape index (κ2) is 12.6. The summed E-state index contributed by atoms with van der Waals surface area (Å²) in [6, 6.07) is 12.0. The molecule has 1 rings (SSSR count). The van der Waals surface area contributed by atoms with Gasteiger partial charge in [0.2, 0.25) is 0 Å². The first-order chi connectivity index (χ1) is 6.46. The molecule has 0 amide bonds. The molecule has 0 aliphatic rings. The first-order valence-electron chi connectivity index (χ1n) is 3.58. The minimum absolute atomic E-state index is 0.750. The lowest BCUT2D eigenvalue weighted by Gasteiger charge is -1.69. The number of carboxylic acid groups (broad SMARTS) is 1. The Morgan fingerprint density at radius 1 is 1.00 bits per heavy atom. The van der Waals surface area contributed by atoms with Crippen LogP contribution in [0.1, 0.15) is 6.92 Å². The van der Waals surface area contributed by atoms with Gasteiger partial charge in [-0.15, -0.1) is 0 Å². The third-order valence-electron chi connectivity index (χ3n) is 0.667. The third kappa shape index (κ3) is 41.7. The van der Waals surface area contributed by atoms with E-state index in [0.717, 1.165) is 6.92 Å². The van der Waals surface area contributed by atoms with E-state index in [1.807, 2.05) is 36.4 Å². The standard InChI is InChI=1S/C6H6.C2H4O2.CHCl3/c1-2-4-6-5-3-1;1-2(3)4;2-1(3)4/h1-6H;1H3,(H,3,4);1H. The predicted molar refractivity (Wildman–Crippen MR) is 61.1 cm³/mol. The van der Waals surface area contributed by atoms with Gasteiger partial charge in [0.25, 0.3) is 5.97 Å². The summed E-state index contributed by atoms with van der Waals surface area (Å²) in [5.41, 5.74) is 0. The van der Waals surface area contributed by atoms with Gasteiger partial charge in [-0.05, 0) is 0 Å². The summed E-state index contributed by atoms with van der Waals surface area (Å²) in [7, 11) is 0. The van der Waals surface area contributed by atoms with E-state index in [2.05, 4.69) is 0 Å². The van der Waals surface area contributed by atoms with Crippen LogP contribution >= 0.6 is 34.8 Å². The van der Waals surface area contributed by atoms with Crippen molar-refractivity contribution in [3.63, 3.8) is 0 Å². The molecule has 0 atom stereocenters. The van der Waals surface area contributed by atoms with E-state index in [1.165, 1.54) is 0 Å². The fourth-order valence-corrected chi connectivity index (χ4v) is 0.385. The maximum atomic E-state index is 9.00. The van der Waals surface area contributed by atoms with Gasteiger partial charge in [0, 0.05) is 6.92 Å². The lowest BCUT2D eigenvalue weighted by atomic mass is 10.4. The maximum absolute atomic E-state index is 9.00. The number of aliphatic carboxylic acids is 1. The van der Waals surface area contributed by atoms with Gasteiger partial charge in [0.1, 0.15) is 0 Å². The van der Waals surface area contributed by atoms with Gasteiger partial charge in [-0.25, -0.2) is 0 Å². The molecule has 0 unspecified atom stereocenters. The highest BCUT2D eigenvalue weighted by molar-refractivity contribution is 6.63. The van der Waals surface area contributed by atoms with Gasteiger partial charge in [-0.3, -0.25) is 4.79 Å². The molecule has 0 bridgehead atoms. The van der Waals surface area contributed by atoms with E-state index in [1.54, 1.807) is 0 Å². The van der Waals surface area contributed by atoms with E-state index in [4.69, 9.17) is 44.7 Å². The van der Waals surface area contributed by atoms with Crippen molar-refractivity contribution in [2.45, 2.75) is 11.2 Å². The van der Waals surface area contributed by atoms with Crippen LogP contribution in [-0.2, 0) is 4.79 Å². The molecule has 0 radical (unpaired) electrons. The van der Waals surface area contributed by atoms with E-state index < -0.39 is 10.3 Å². The zero-order valence-electron chi connectivity index (χ0n) is 7.53. The van der Waals surface area contributed by atoms with Crippen LogP contribution in [0.25, 0.3) is 0 Å². The number of alkyl halides is 3. The lowest BCUT2D eigenvalue weighted by Crippen LogP contribution is -1.78. The zero-order valence-corrected chi connectivity index (χ0v) is 9.80. The monoisotopic (exact) mass is 256 g/mol. The molecule has 1 aromatic rings. The first kappa shape index (κ1) is 16.0. The van der Waals surface area contributed by atoms with Crippen molar-refractivity contribution < 1.29 is 9.90 Å². The van der Waals surface area contributed by atoms with Crippen LogP contribution in [0.5, 0.6) is 0 Å². The molecule has 5 heteroatoms. The number of rotatable bonds is 0. The molecule has 0 spiro atoms. The van der Waals surface area contributed by atoms with Crippen LogP contribution in [0.15, 0.2) is 36.4 Å². The van der Waals surface area contributed by atoms with Gasteiger partial charge in [-0.2, -0.15) is 0 Å². The summed E-state index contributed by atoms with van der Waals surface area (Å²) in [6.45, 7) is 1.08. The molecule has 0 heterocycles. The fourth-order valence-electron chi connectivity index (χ4n) is 0.385. The van der Waals surface area contributed by atoms with Crippen LogP contribution in [-0.4, -0.2) is 15.4 Å². The SMILES string of the molecule is CC(=O)O.ClC(Cl)Cl.c1ccccc1. The second-order valence-corrected chi connectivity index (χ2v) is 3.90. The molecule has 0 aliphatic heterocycles. The average molecular weight is 258 g/mol. The largest absolute Gasteiger partial charge is 0.481 e. The van der Waals surface area contributed by atoms with Crippen molar-refractivity contribution in [2.75, 3.05) is 0 Å². The van der Waals surface area contributed by atoms with Crippen molar-refractivity contribution >= 4 is 40.8 Å². The smallest absolute Gasteiger partial charge is 0.300 e. The molecule has 0 saturated heterocycles. The Labute approximate surface area is 98.4 Å². The third-order valence-corrected chi connectivity index (χ3v) is 0.667. The molecule has 0 saturated carbocycles. The normalized spacial score (nSPS) is 7.79. The summed E-state index contributed by atoms with van der Waals surface area (Å²) < 4.78 is -0.750. The van der Waals surface area contributed by atoms with Crippen molar-refractivity contribution in [1.29, 1.82) is 0 Å².